The Labute approximate surface area is 103 Å². The standard InChI is InChI=1S/C13H21N3O/c1-2-3-7-10-17-11-8-5-4-6-9-13-14-12-15-16-13/h12H,4-11H2,1H3,(H,14,15,16). The molecule has 0 saturated heterocycles. The molecule has 4 nitrogen and oxygen atoms in total. The second-order valence-electron chi connectivity index (χ2n) is 3.87. The van der Waals surface area contributed by atoms with E-state index < -0.39 is 0 Å². The number of aromatic nitrogens is 3. The van der Waals surface area contributed by atoms with E-state index in [1.165, 1.54) is 12.8 Å². The molecule has 0 bridgehead atoms. The highest BCUT2D eigenvalue weighted by Crippen LogP contribution is 2.03. The van der Waals surface area contributed by atoms with Gasteiger partial charge in [0.25, 0.3) is 0 Å². The number of nitrogens with one attached hydrogen (secondary N) is 1. The van der Waals surface area contributed by atoms with Gasteiger partial charge in [0.15, 0.2) is 0 Å². The predicted octanol–water partition coefficient (Wildman–Crippen LogP) is 2.34. The smallest absolute Gasteiger partial charge is 0.150 e. The highest BCUT2D eigenvalue weighted by Gasteiger charge is 1.96. The Balaban J connectivity index is 1.79. The van der Waals surface area contributed by atoms with Crippen molar-refractivity contribution < 1.29 is 4.74 Å². The quantitative estimate of drug-likeness (QED) is 0.528. The highest BCUT2D eigenvalue weighted by molar-refractivity contribution is 4.94. The number of aromatic amines is 1. The summed E-state index contributed by atoms with van der Waals surface area (Å²) < 4.78 is 5.46. The number of hydrogen-bond acceptors (Lipinski definition) is 3. The Bertz CT molecular complexity index is 324. The lowest BCUT2D eigenvalue weighted by Crippen LogP contribution is -1.96. The molecule has 0 aliphatic heterocycles. The first-order chi connectivity index (χ1) is 8.43. The van der Waals surface area contributed by atoms with Gasteiger partial charge >= 0.3 is 0 Å². The fraction of sp³-hybridized carbons (Fsp3) is 0.692. The van der Waals surface area contributed by atoms with Crippen LogP contribution in [0, 0.1) is 11.8 Å². The van der Waals surface area contributed by atoms with E-state index in [1.807, 2.05) is 6.92 Å². The second-order valence-corrected chi connectivity index (χ2v) is 3.87. The lowest BCUT2D eigenvalue weighted by molar-refractivity contribution is 0.135. The Kier molecular flexibility index (Phi) is 7.96. The second kappa shape index (κ2) is 9.86. The van der Waals surface area contributed by atoms with Crippen molar-refractivity contribution in [3.05, 3.63) is 12.2 Å². The molecular weight excluding hydrogens is 214 g/mol. The van der Waals surface area contributed by atoms with Crippen LogP contribution in [-0.2, 0) is 11.2 Å². The number of H-pyrrole nitrogens is 1. The monoisotopic (exact) mass is 235 g/mol. The van der Waals surface area contributed by atoms with E-state index in [4.69, 9.17) is 4.74 Å². The molecule has 17 heavy (non-hydrogen) atoms. The average molecular weight is 235 g/mol. The van der Waals surface area contributed by atoms with E-state index in [-0.39, 0.29) is 0 Å². The van der Waals surface area contributed by atoms with Crippen LogP contribution in [0.5, 0.6) is 0 Å². The maximum atomic E-state index is 5.46. The number of rotatable bonds is 9. The minimum Gasteiger partial charge on any atom is -0.380 e. The molecule has 1 aromatic heterocycles. The zero-order chi connectivity index (χ0) is 12.2. The molecule has 0 radical (unpaired) electrons. The molecule has 94 valence electrons. The summed E-state index contributed by atoms with van der Waals surface area (Å²) in [4.78, 5) is 4.09. The molecule has 1 rings (SSSR count). The van der Waals surface area contributed by atoms with E-state index in [0.717, 1.165) is 44.7 Å². The predicted molar refractivity (Wildman–Crippen MR) is 67.4 cm³/mol. The van der Waals surface area contributed by atoms with E-state index in [1.54, 1.807) is 6.33 Å². The minimum atomic E-state index is 0.762. The molecule has 0 unspecified atom stereocenters. The average Bonchev–Trinajstić information content (AvgIpc) is 2.85. The molecule has 0 aliphatic rings. The Morgan fingerprint density at radius 1 is 1.24 bits per heavy atom. The first-order valence-electron chi connectivity index (χ1n) is 6.25. The van der Waals surface area contributed by atoms with Crippen molar-refractivity contribution in [2.75, 3.05) is 13.2 Å². The molecule has 4 heteroatoms. The summed E-state index contributed by atoms with van der Waals surface area (Å²) in [5.74, 6) is 6.75. The Morgan fingerprint density at radius 2 is 2.12 bits per heavy atom. The number of aryl methyl sites for hydroxylation is 1. The van der Waals surface area contributed by atoms with Gasteiger partial charge in [-0.05, 0) is 19.8 Å². The van der Waals surface area contributed by atoms with Gasteiger partial charge in [0.1, 0.15) is 12.2 Å². The molecule has 0 spiro atoms. The van der Waals surface area contributed by atoms with Crippen LogP contribution in [0.4, 0.5) is 0 Å². The SMILES string of the molecule is CC#CCCOCCCCCCc1nc[nH]n1. The third-order valence-electron chi connectivity index (χ3n) is 2.45. The van der Waals surface area contributed by atoms with Gasteiger partial charge in [0.05, 0.1) is 6.61 Å². The van der Waals surface area contributed by atoms with Gasteiger partial charge in [-0.3, -0.25) is 5.10 Å². The van der Waals surface area contributed by atoms with E-state index in [2.05, 4.69) is 27.0 Å². The molecule has 0 amide bonds. The van der Waals surface area contributed by atoms with Crippen LogP contribution in [0.1, 0.15) is 44.9 Å². The molecule has 0 aromatic carbocycles. The summed E-state index contributed by atoms with van der Waals surface area (Å²) in [6, 6.07) is 0. The van der Waals surface area contributed by atoms with E-state index in [9.17, 15) is 0 Å². The highest BCUT2D eigenvalue weighted by atomic mass is 16.5. The first kappa shape index (κ1) is 13.7. The normalized spacial score (nSPS) is 9.94. The number of ether oxygens (including phenoxy) is 1. The van der Waals surface area contributed by atoms with Gasteiger partial charge in [0, 0.05) is 19.4 Å². The van der Waals surface area contributed by atoms with Gasteiger partial charge in [-0.25, -0.2) is 4.98 Å². The van der Waals surface area contributed by atoms with Crippen LogP contribution in [-0.4, -0.2) is 28.4 Å². The van der Waals surface area contributed by atoms with Crippen molar-refractivity contribution >= 4 is 0 Å². The summed E-state index contributed by atoms with van der Waals surface area (Å²) in [6.45, 7) is 3.47. The van der Waals surface area contributed by atoms with E-state index >= 15 is 0 Å². The fourth-order valence-corrected chi connectivity index (χ4v) is 1.55. The van der Waals surface area contributed by atoms with Crippen molar-refractivity contribution in [2.45, 2.75) is 45.4 Å². The lowest BCUT2D eigenvalue weighted by atomic mass is 10.1. The summed E-state index contributed by atoms with van der Waals surface area (Å²) in [5, 5.41) is 6.74. The molecule has 0 aliphatic carbocycles. The third kappa shape index (κ3) is 7.53. The fourth-order valence-electron chi connectivity index (χ4n) is 1.55. The van der Waals surface area contributed by atoms with Crippen molar-refractivity contribution in [3.63, 3.8) is 0 Å². The van der Waals surface area contributed by atoms with Crippen LogP contribution >= 0.6 is 0 Å². The molecule has 1 heterocycles. The third-order valence-corrected chi connectivity index (χ3v) is 2.45. The van der Waals surface area contributed by atoms with Crippen LogP contribution in [0.15, 0.2) is 6.33 Å². The summed E-state index contributed by atoms with van der Waals surface area (Å²) in [7, 11) is 0. The van der Waals surface area contributed by atoms with Gasteiger partial charge in [-0.1, -0.05) is 12.8 Å². The summed E-state index contributed by atoms with van der Waals surface area (Å²) >= 11 is 0. The Hall–Kier alpha value is -1.34. The van der Waals surface area contributed by atoms with Crippen LogP contribution in [0.3, 0.4) is 0 Å². The molecule has 0 saturated carbocycles. The van der Waals surface area contributed by atoms with Gasteiger partial charge in [-0.2, -0.15) is 5.10 Å². The van der Waals surface area contributed by atoms with Crippen LogP contribution in [0.2, 0.25) is 0 Å². The van der Waals surface area contributed by atoms with Crippen LogP contribution in [0.25, 0.3) is 0 Å². The van der Waals surface area contributed by atoms with Crippen molar-refractivity contribution in [1.29, 1.82) is 0 Å². The van der Waals surface area contributed by atoms with Crippen molar-refractivity contribution in [1.82, 2.24) is 15.2 Å². The lowest BCUT2D eigenvalue weighted by Gasteiger charge is -2.01. The van der Waals surface area contributed by atoms with Crippen molar-refractivity contribution in [3.8, 4) is 11.8 Å². The zero-order valence-corrected chi connectivity index (χ0v) is 10.5. The Morgan fingerprint density at radius 3 is 2.88 bits per heavy atom. The molecule has 1 N–H and O–H groups in total. The summed E-state index contributed by atoms with van der Waals surface area (Å²) in [6.07, 6.45) is 8.16. The largest absolute Gasteiger partial charge is 0.380 e. The van der Waals surface area contributed by atoms with Gasteiger partial charge in [-0.15, -0.1) is 11.8 Å². The molecule has 0 atom stereocenters. The minimum absolute atomic E-state index is 0.762. The number of nitrogens with zero attached hydrogens (tertiary/aromatic N) is 2. The maximum Gasteiger partial charge on any atom is 0.150 e. The maximum absolute atomic E-state index is 5.46. The topological polar surface area (TPSA) is 50.8 Å². The summed E-state index contributed by atoms with van der Waals surface area (Å²) in [5.41, 5.74) is 0. The van der Waals surface area contributed by atoms with E-state index in [0.29, 0.717) is 0 Å². The number of unbranched alkanes of at least 4 members (excludes halogenated alkanes) is 3. The molecule has 0 fully saturated rings. The van der Waals surface area contributed by atoms with Crippen LogP contribution < -0.4 is 0 Å². The van der Waals surface area contributed by atoms with Gasteiger partial charge < -0.3 is 4.74 Å². The van der Waals surface area contributed by atoms with Gasteiger partial charge in [0.2, 0.25) is 0 Å². The number of hydrogen-bond donors (Lipinski definition) is 1. The van der Waals surface area contributed by atoms with Crippen molar-refractivity contribution in [2.24, 2.45) is 0 Å². The molecular formula is C13H21N3O. The first-order valence-corrected chi connectivity index (χ1v) is 6.25. The zero-order valence-electron chi connectivity index (χ0n) is 10.5. The molecule has 1 aromatic rings.